The summed E-state index contributed by atoms with van der Waals surface area (Å²) < 4.78 is 42.4. The molecule has 0 radical (unpaired) electrons. The number of hydrogen-bond acceptors (Lipinski definition) is 3. The molecule has 110 valence electrons. The Hall–Kier alpha value is -2.49. The fourth-order valence-corrected chi connectivity index (χ4v) is 1.87. The fraction of sp³-hybridized carbons (Fsp3) is 0.286. The Morgan fingerprint density at radius 3 is 2.43 bits per heavy atom. The molecule has 4 nitrogen and oxygen atoms in total. The number of hydrogen-bond donors (Lipinski definition) is 1. The lowest BCUT2D eigenvalue weighted by molar-refractivity contribution is -0.137. The Balaban J connectivity index is 2.13. The molecule has 1 aliphatic heterocycles. The molecule has 7 heteroatoms. The molecule has 1 aromatic carbocycles. The number of nitriles is 1. The molecule has 1 saturated heterocycles. The molecular weight excluding hydrogens is 285 g/mol. The van der Waals surface area contributed by atoms with Gasteiger partial charge in [0.15, 0.2) is 5.57 Å². The number of halogens is 3. The Labute approximate surface area is 118 Å². The van der Waals surface area contributed by atoms with Gasteiger partial charge in [0.05, 0.1) is 12.2 Å². The maximum Gasteiger partial charge on any atom is 0.416 e. The van der Waals surface area contributed by atoms with Gasteiger partial charge in [-0.1, -0.05) is 0 Å². The van der Waals surface area contributed by atoms with Crippen LogP contribution in [-0.4, -0.2) is 12.5 Å². The van der Waals surface area contributed by atoms with Crippen LogP contribution in [0, 0.1) is 11.3 Å². The number of ether oxygens (including phenoxy) is 1. The summed E-state index contributed by atoms with van der Waals surface area (Å²) in [6.45, 7) is 0.452. The molecule has 1 aliphatic rings. The zero-order chi connectivity index (χ0) is 15.5. The molecule has 1 amide bonds. The van der Waals surface area contributed by atoms with E-state index in [2.05, 4.69) is 5.32 Å². The van der Waals surface area contributed by atoms with Crippen LogP contribution >= 0.6 is 0 Å². The summed E-state index contributed by atoms with van der Waals surface area (Å²) in [4.78, 5) is 11.9. The van der Waals surface area contributed by atoms with Crippen molar-refractivity contribution in [3.63, 3.8) is 0 Å². The van der Waals surface area contributed by atoms with Gasteiger partial charge < -0.3 is 10.1 Å². The van der Waals surface area contributed by atoms with E-state index in [9.17, 15) is 18.0 Å². The van der Waals surface area contributed by atoms with Crippen molar-refractivity contribution in [3.8, 4) is 6.07 Å². The fourth-order valence-electron chi connectivity index (χ4n) is 1.87. The first-order valence-corrected chi connectivity index (χ1v) is 6.16. The smallest absolute Gasteiger partial charge is 0.416 e. The molecule has 2 rings (SSSR count). The van der Waals surface area contributed by atoms with Gasteiger partial charge in [-0.2, -0.15) is 18.4 Å². The van der Waals surface area contributed by atoms with Crippen LogP contribution in [0.2, 0.25) is 0 Å². The van der Waals surface area contributed by atoms with Crippen LogP contribution in [-0.2, 0) is 15.7 Å². The van der Waals surface area contributed by atoms with Gasteiger partial charge in [-0.25, -0.2) is 0 Å². The second-order valence-electron chi connectivity index (χ2n) is 4.39. The first-order chi connectivity index (χ1) is 9.91. The number of nitrogens with zero attached hydrogens (tertiary/aromatic N) is 1. The molecule has 0 aliphatic carbocycles. The van der Waals surface area contributed by atoms with Crippen molar-refractivity contribution in [1.29, 1.82) is 5.26 Å². The summed E-state index contributed by atoms with van der Waals surface area (Å²) in [7, 11) is 0. The van der Waals surface area contributed by atoms with E-state index in [0.29, 0.717) is 18.8 Å². The average Bonchev–Trinajstić information content (AvgIpc) is 2.93. The standard InChI is InChI=1S/C14H11F3N2O2/c15-14(16,17)9-3-5-10(6-4-9)19-13(20)11(8-18)12-2-1-7-21-12/h3-6H,1-2,7H2,(H,19,20)/b12-11-. The van der Waals surface area contributed by atoms with Crippen molar-refractivity contribution in [2.75, 3.05) is 11.9 Å². The number of anilines is 1. The van der Waals surface area contributed by atoms with Crippen molar-refractivity contribution < 1.29 is 22.7 Å². The van der Waals surface area contributed by atoms with Gasteiger partial charge in [-0.05, 0) is 30.7 Å². The minimum atomic E-state index is -4.43. The lowest BCUT2D eigenvalue weighted by atomic mass is 10.1. The van der Waals surface area contributed by atoms with Gasteiger partial charge in [0.1, 0.15) is 11.8 Å². The number of alkyl halides is 3. The number of nitrogens with one attached hydrogen (secondary N) is 1. The molecule has 1 N–H and O–H groups in total. The molecule has 1 fully saturated rings. The summed E-state index contributed by atoms with van der Waals surface area (Å²) >= 11 is 0. The minimum Gasteiger partial charge on any atom is -0.496 e. The molecule has 0 bridgehead atoms. The average molecular weight is 296 g/mol. The van der Waals surface area contributed by atoms with E-state index < -0.39 is 17.6 Å². The van der Waals surface area contributed by atoms with Gasteiger partial charge >= 0.3 is 6.18 Å². The number of carbonyl (C=O) groups excluding carboxylic acids is 1. The maximum atomic E-state index is 12.4. The van der Waals surface area contributed by atoms with Gasteiger partial charge in [0.2, 0.25) is 0 Å². The molecule has 0 atom stereocenters. The van der Waals surface area contributed by atoms with E-state index >= 15 is 0 Å². The summed E-state index contributed by atoms with van der Waals surface area (Å²) in [5, 5.41) is 11.4. The Morgan fingerprint density at radius 1 is 1.29 bits per heavy atom. The van der Waals surface area contributed by atoms with Crippen LogP contribution < -0.4 is 5.32 Å². The van der Waals surface area contributed by atoms with Crippen molar-refractivity contribution in [3.05, 3.63) is 41.2 Å². The summed E-state index contributed by atoms with van der Waals surface area (Å²) in [5.41, 5.74) is -0.773. The molecule has 0 saturated carbocycles. The van der Waals surface area contributed by atoms with Crippen LogP contribution in [0.1, 0.15) is 18.4 Å². The second kappa shape index (κ2) is 5.87. The van der Waals surface area contributed by atoms with Gasteiger partial charge in [-0.3, -0.25) is 4.79 Å². The zero-order valence-corrected chi connectivity index (χ0v) is 10.8. The number of benzene rings is 1. The Kier molecular flexibility index (Phi) is 4.17. The highest BCUT2D eigenvalue weighted by Gasteiger charge is 2.30. The topological polar surface area (TPSA) is 62.1 Å². The highest BCUT2D eigenvalue weighted by atomic mass is 19.4. The van der Waals surface area contributed by atoms with Crippen molar-refractivity contribution in [1.82, 2.24) is 0 Å². The largest absolute Gasteiger partial charge is 0.496 e. The second-order valence-corrected chi connectivity index (χ2v) is 4.39. The van der Waals surface area contributed by atoms with E-state index in [0.717, 1.165) is 30.7 Å². The number of rotatable bonds is 2. The normalized spacial score (nSPS) is 16.9. The predicted octanol–water partition coefficient (Wildman–Crippen LogP) is 3.23. The predicted molar refractivity (Wildman–Crippen MR) is 67.9 cm³/mol. The molecule has 21 heavy (non-hydrogen) atoms. The molecule has 1 heterocycles. The first kappa shape index (κ1) is 14.9. The lowest BCUT2D eigenvalue weighted by Crippen LogP contribution is -2.15. The van der Waals surface area contributed by atoms with Crippen molar-refractivity contribution >= 4 is 11.6 Å². The van der Waals surface area contributed by atoms with Crippen molar-refractivity contribution in [2.24, 2.45) is 0 Å². The molecule has 0 unspecified atom stereocenters. The van der Waals surface area contributed by atoms with Crippen LogP contribution in [0.15, 0.2) is 35.6 Å². The highest BCUT2D eigenvalue weighted by Crippen LogP contribution is 2.30. The van der Waals surface area contributed by atoms with Crippen LogP contribution in [0.3, 0.4) is 0 Å². The van der Waals surface area contributed by atoms with Gasteiger partial charge in [-0.15, -0.1) is 0 Å². The number of allylic oxidation sites excluding steroid dienone is 1. The first-order valence-electron chi connectivity index (χ1n) is 6.16. The summed E-state index contributed by atoms with van der Waals surface area (Å²) in [5.74, 6) is -0.365. The third-order valence-electron chi connectivity index (χ3n) is 2.91. The monoisotopic (exact) mass is 296 g/mol. The quantitative estimate of drug-likeness (QED) is 0.673. The molecule has 1 aromatic rings. The van der Waals surface area contributed by atoms with Gasteiger partial charge in [0, 0.05) is 12.1 Å². The van der Waals surface area contributed by atoms with E-state index in [4.69, 9.17) is 10.00 Å². The van der Waals surface area contributed by atoms with Crippen LogP contribution in [0.5, 0.6) is 0 Å². The minimum absolute atomic E-state index is 0.146. The van der Waals surface area contributed by atoms with Crippen molar-refractivity contribution in [2.45, 2.75) is 19.0 Å². The number of amides is 1. The zero-order valence-electron chi connectivity index (χ0n) is 10.8. The third kappa shape index (κ3) is 3.54. The SMILES string of the molecule is N#C/C(C(=O)Nc1ccc(C(F)(F)F)cc1)=C1\CCCO1. The van der Waals surface area contributed by atoms with Gasteiger partial charge in [0.25, 0.3) is 5.91 Å². The maximum absolute atomic E-state index is 12.4. The molecule has 0 spiro atoms. The molecule has 0 aromatic heterocycles. The third-order valence-corrected chi connectivity index (χ3v) is 2.91. The summed E-state index contributed by atoms with van der Waals surface area (Å²) in [6, 6.07) is 5.76. The summed E-state index contributed by atoms with van der Waals surface area (Å²) in [6.07, 6.45) is -3.20. The highest BCUT2D eigenvalue weighted by molar-refractivity contribution is 6.06. The van der Waals surface area contributed by atoms with E-state index in [1.807, 2.05) is 0 Å². The van der Waals surface area contributed by atoms with Crippen LogP contribution in [0.4, 0.5) is 18.9 Å². The van der Waals surface area contributed by atoms with E-state index in [1.54, 1.807) is 6.07 Å². The Bertz CT molecular complexity index is 605. The van der Waals surface area contributed by atoms with E-state index in [-0.39, 0.29) is 11.3 Å². The van der Waals surface area contributed by atoms with Crippen LogP contribution in [0.25, 0.3) is 0 Å². The Morgan fingerprint density at radius 2 is 1.95 bits per heavy atom. The lowest BCUT2D eigenvalue weighted by Gasteiger charge is -2.09. The number of carbonyl (C=O) groups is 1. The van der Waals surface area contributed by atoms with E-state index in [1.165, 1.54) is 0 Å². The molecular formula is C14H11F3N2O2.